The Kier molecular flexibility index (Phi) is 3.32. The Hall–Kier alpha value is -1.57. The Balaban J connectivity index is 2.13. The van der Waals surface area contributed by atoms with E-state index in [0.717, 1.165) is 0 Å². The maximum absolute atomic E-state index is 11.6. The van der Waals surface area contributed by atoms with Crippen LogP contribution in [0.2, 0.25) is 0 Å². The highest BCUT2D eigenvalue weighted by Crippen LogP contribution is 2.11. The highest BCUT2D eigenvalue weighted by molar-refractivity contribution is 9.10. The number of piperazine rings is 1. The van der Waals surface area contributed by atoms with Crippen LogP contribution in [0.3, 0.4) is 0 Å². The van der Waals surface area contributed by atoms with Gasteiger partial charge in [0, 0.05) is 32.4 Å². The Morgan fingerprint density at radius 1 is 1.41 bits per heavy atom. The van der Waals surface area contributed by atoms with Gasteiger partial charge in [0.25, 0.3) is 5.56 Å². The molecule has 1 aliphatic heterocycles. The molecule has 17 heavy (non-hydrogen) atoms. The van der Waals surface area contributed by atoms with Crippen molar-refractivity contribution in [3.8, 4) is 0 Å². The van der Waals surface area contributed by atoms with Gasteiger partial charge in [0.2, 0.25) is 0 Å². The second-order valence-corrected chi connectivity index (χ2v) is 4.45. The number of carboxylic acid groups (broad SMARTS) is 1. The molecule has 0 radical (unpaired) electrons. The number of anilines is 1. The molecule has 0 spiro atoms. The summed E-state index contributed by atoms with van der Waals surface area (Å²) < 4.78 is 0.549. The van der Waals surface area contributed by atoms with Gasteiger partial charge in [-0.05, 0) is 15.9 Å². The van der Waals surface area contributed by atoms with Crippen LogP contribution in [0, 0.1) is 0 Å². The number of nitrogens with one attached hydrogen (secondary N) is 1. The zero-order valence-corrected chi connectivity index (χ0v) is 10.5. The molecule has 8 heteroatoms. The van der Waals surface area contributed by atoms with Crippen molar-refractivity contribution in [2.24, 2.45) is 0 Å². The number of aromatic amines is 1. The lowest BCUT2D eigenvalue weighted by atomic mass is 10.3. The number of rotatable bonds is 1. The fourth-order valence-electron chi connectivity index (χ4n) is 1.70. The summed E-state index contributed by atoms with van der Waals surface area (Å²) in [6.07, 6.45) is 0.542. The van der Waals surface area contributed by atoms with Gasteiger partial charge in [-0.3, -0.25) is 4.79 Å². The monoisotopic (exact) mass is 302 g/mol. The first kappa shape index (κ1) is 11.9. The third-order valence-corrected chi connectivity index (χ3v) is 2.99. The lowest BCUT2D eigenvalue weighted by molar-refractivity contribution is 0.142. The van der Waals surface area contributed by atoms with Crippen LogP contribution in [0.15, 0.2) is 15.6 Å². The second kappa shape index (κ2) is 4.74. The van der Waals surface area contributed by atoms with E-state index in [0.29, 0.717) is 36.6 Å². The van der Waals surface area contributed by atoms with Crippen molar-refractivity contribution in [2.75, 3.05) is 31.1 Å². The largest absolute Gasteiger partial charge is 0.465 e. The Morgan fingerprint density at radius 3 is 2.65 bits per heavy atom. The zero-order valence-electron chi connectivity index (χ0n) is 8.89. The molecule has 2 heterocycles. The molecule has 2 rings (SSSR count). The molecule has 2 N–H and O–H groups in total. The molecule has 7 nitrogen and oxygen atoms in total. The predicted molar refractivity (Wildman–Crippen MR) is 64.4 cm³/mol. The van der Waals surface area contributed by atoms with Crippen LogP contribution in [-0.4, -0.2) is 52.2 Å². The molecule has 0 unspecified atom stereocenters. The summed E-state index contributed by atoms with van der Waals surface area (Å²) in [5, 5.41) is 8.81. The molecule has 0 bridgehead atoms. The number of hydrogen-bond acceptors (Lipinski definition) is 4. The summed E-state index contributed by atoms with van der Waals surface area (Å²) in [7, 11) is 0. The molecular weight excluding hydrogens is 292 g/mol. The van der Waals surface area contributed by atoms with Crippen molar-refractivity contribution in [1.29, 1.82) is 0 Å². The van der Waals surface area contributed by atoms with Crippen molar-refractivity contribution >= 4 is 27.8 Å². The molecule has 1 aromatic rings. The zero-order chi connectivity index (χ0) is 12.4. The van der Waals surface area contributed by atoms with Gasteiger partial charge in [-0.15, -0.1) is 0 Å². The molecule has 1 fully saturated rings. The molecule has 0 aliphatic carbocycles. The lowest BCUT2D eigenvalue weighted by Gasteiger charge is -2.33. The number of H-pyrrole nitrogens is 1. The van der Waals surface area contributed by atoms with E-state index in [1.165, 1.54) is 11.1 Å². The summed E-state index contributed by atoms with van der Waals surface area (Å²) in [6, 6.07) is 0. The summed E-state index contributed by atoms with van der Waals surface area (Å²) in [5.41, 5.74) is -0.267. The maximum Gasteiger partial charge on any atom is 0.407 e. The third-order valence-electron chi connectivity index (χ3n) is 2.59. The Labute approximate surface area is 105 Å². The second-order valence-electron chi connectivity index (χ2n) is 3.63. The normalized spacial score (nSPS) is 16.1. The van der Waals surface area contributed by atoms with Crippen LogP contribution in [0.25, 0.3) is 0 Å². The fraction of sp³-hybridized carbons (Fsp3) is 0.444. The van der Waals surface area contributed by atoms with Crippen LogP contribution >= 0.6 is 15.9 Å². The number of hydrogen-bond donors (Lipinski definition) is 2. The summed E-state index contributed by atoms with van der Waals surface area (Å²) in [5.74, 6) is 0.324. The van der Waals surface area contributed by atoms with E-state index in [9.17, 15) is 9.59 Å². The minimum atomic E-state index is -0.930. The van der Waals surface area contributed by atoms with E-state index in [4.69, 9.17) is 5.11 Å². The maximum atomic E-state index is 11.6. The summed E-state index contributed by atoms with van der Waals surface area (Å²) in [6.45, 7) is 1.70. The number of carbonyl (C=O) groups is 1. The van der Waals surface area contributed by atoms with Gasteiger partial charge in [-0.25, -0.2) is 9.78 Å². The lowest BCUT2D eigenvalue weighted by Crippen LogP contribution is -2.49. The van der Waals surface area contributed by atoms with E-state index >= 15 is 0 Å². The van der Waals surface area contributed by atoms with E-state index in [1.54, 1.807) is 4.90 Å². The van der Waals surface area contributed by atoms with Crippen LogP contribution in [-0.2, 0) is 0 Å². The first-order chi connectivity index (χ1) is 8.08. The summed E-state index contributed by atoms with van der Waals surface area (Å²) >= 11 is 3.19. The first-order valence-corrected chi connectivity index (χ1v) is 5.85. The van der Waals surface area contributed by atoms with Crippen molar-refractivity contribution in [3.05, 3.63) is 21.2 Å². The van der Waals surface area contributed by atoms with Crippen molar-refractivity contribution in [2.45, 2.75) is 0 Å². The van der Waals surface area contributed by atoms with Gasteiger partial charge in [-0.2, -0.15) is 0 Å². The number of amides is 1. The van der Waals surface area contributed by atoms with Crippen LogP contribution in [0.1, 0.15) is 0 Å². The smallest absolute Gasteiger partial charge is 0.407 e. The topological polar surface area (TPSA) is 89.5 Å². The van der Waals surface area contributed by atoms with Gasteiger partial charge < -0.3 is 19.9 Å². The highest BCUT2D eigenvalue weighted by Gasteiger charge is 2.22. The number of aromatic nitrogens is 2. The number of halogens is 1. The summed E-state index contributed by atoms with van der Waals surface area (Å²) in [4.78, 5) is 32.1. The van der Waals surface area contributed by atoms with Crippen LogP contribution < -0.4 is 10.5 Å². The SMILES string of the molecule is O=C(O)N1CCN(c2nc(Br)c[nH]c2=O)CC1. The van der Waals surface area contributed by atoms with Gasteiger partial charge >= 0.3 is 6.09 Å². The number of nitrogens with zero attached hydrogens (tertiary/aromatic N) is 3. The molecule has 0 atom stereocenters. The van der Waals surface area contributed by atoms with Gasteiger partial charge in [0.1, 0.15) is 4.60 Å². The van der Waals surface area contributed by atoms with Crippen molar-refractivity contribution < 1.29 is 9.90 Å². The molecule has 1 saturated heterocycles. The highest BCUT2D eigenvalue weighted by atomic mass is 79.9. The molecule has 0 saturated carbocycles. The average Bonchev–Trinajstić information content (AvgIpc) is 2.32. The molecular formula is C9H11BrN4O3. The standard InChI is InChI=1S/C9H11BrN4O3/c10-6-5-11-8(15)7(12-6)13-1-3-14(4-2-13)9(16)17/h5H,1-4H2,(H,11,15)(H,16,17). The van der Waals surface area contributed by atoms with E-state index in [-0.39, 0.29) is 5.56 Å². The van der Waals surface area contributed by atoms with Crippen molar-refractivity contribution in [3.63, 3.8) is 0 Å². The minimum absolute atomic E-state index is 0.267. The first-order valence-electron chi connectivity index (χ1n) is 5.06. The fourth-order valence-corrected chi connectivity index (χ4v) is 1.98. The average molecular weight is 303 g/mol. The van der Waals surface area contributed by atoms with E-state index in [1.807, 2.05) is 0 Å². The predicted octanol–water partition coefficient (Wildman–Crippen LogP) is 0.332. The Bertz CT molecular complexity index is 481. The van der Waals surface area contributed by atoms with Gasteiger partial charge in [-0.1, -0.05) is 0 Å². The quantitative estimate of drug-likeness (QED) is 0.780. The van der Waals surface area contributed by atoms with E-state index in [2.05, 4.69) is 25.9 Å². The molecule has 0 aromatic carbocycles. The molecule has 92 valence electrons. The molecule has 1 aliphatic rings. The van der Waals surface area contributed by atoms with Gasteiger partial charge in [0.15, 0.2) is 5.82 Å². The third kappa shape index (κ3) is 2.57. The minimum Gasteiger partial charge on any atom is -0.465 e. The van der Waals surface area contributed by atoms with Crippen molar-refractivity contribution in [1.82, 2.24) is 14.9 Å². The van der Waals surface area contributed by atoms with Crippen LogP contribution in [0.5, 0.6) is 0 Å². The van der Waals surface area contributed by atoms with Crippen LogP contribution in [0.4, 0.5) is 10.6 Å². The Morgan fingerprint density at radius 2 is 2.06 bits per heavy atom. The van der Waals surface area contributed by atoms with Gasteiger partial charge in [0.05, 0.1) is 0 Å². The molecule has 1 amide bonds. The van der Waals surface area contributed by atoms with E-state index < -0.39 is 6.09 Å². The molecule has 1 aromatic heterocycles.